The highest BCUT2D eigenvalue weighted by Crippen LogP contribution is 2.34. The van der Waals surface area contributed by atoms with Crippen LogP contribution in [0, 0.1) is 5.92 Å². The van der Waals surface area contributed by atoms with Gasteiger partial charge in [0.1, 0.15) is 10.4 Å². The van der Waals surface area contributed by atoms with Gasteiger partial charge in [-0.15, -0.1) is 11.3 Å². The molecule has 0 aromatic carbocycles. The Kier molecular flexibility index (Phi) is 5.13. The monoisotopic (exact) mass is 319 g/mol. The highest BCUT2D eigenvalue weighted by atomic mass is 32.1. The molecule has 5 nitrogen and oxygen atoms in total. The van der Waals surface area contributed by atoms with E-state index in [4.69, 9.17) is 5.73 Å². The Morgan fingerprint density at radius 2 is 2.27 bits per heavy atom. The molecule has 3 N–H and O–H groups in total. The van der Waals surface area contributed by atoms with Crippen LogP contribution in [0.15, 0.2) is 35.9 Å². The Morgan fingerprint density at radius 3 is 2.86 bits per heavy atom. The van der Waals surface area contributed by atoms with Crippen LogP contribution in [0.3, 0.4) is 0 Å². The molecule has 0 fully saturated rings. The first-order valence-electron chi connectivity index (χ1n) is 7.36. The highest BCUT2D eigenvalue weighted by Gasteiger charge is 2.46. The average Bonchev–Trinajstić information content (AvgIpc) is 3.01. The van der Waals surface area contributed by atoms with Gasteiger partial charge < -0.3 is 11.1 Å². The van der Waals surface area contributed by atoms with Crippen LogP contribution in [0.5, 0.6) is 0 Å². The van der Waals surface area contributed by atoms with Gasteiger partial charge in [0.05, 0.1) is 6.04 Å². The van der Waals surface area contributed by atoms with E-state index in [9.17, 15) is 9.59 Å². The molecule has 6 heteroatoms. The zero-order chi connectivity index (χ0) is 16.2. The summed E-state index contributed by atoms with van der Waals surface area (Å²) in [7, 11) is 0. The minimum Gasteiger partial charge on any atom is -0.368 e. The fourth-order valence-electron chi connectivity index (χ4n) is 2.47. The summed E-state index contributed by atoms with van der Waals surface area (Å²) in [5.74, 6) is -0.302. The van der Waals surface area contributed by atoms with Gasteiger partial charge in [0, 0.05) is 18.0 Å². The lowest BCUT2D eigenvalue weighted by Crippen LogP contribution is -2.56. The number of hydrogen-bond donors (Lipinski definition) is 2. The minimum absolute atomic E-state index is 0.0820. The predicted molar refractivity (Wildman–Crippen MR) is 87.3 cm³/mol. The molecule has 2 rings (SSSR count). The minimum atomic E-state index is -1.12. The second kappa shape index (κ2) is 6.87. The number of allylic oxidation sites excluding steroid dienone is 2. The van der Waals surface area contributed by atoms with Gasteiger partial charge in [0.15, 0.2) is 0 Å². The topological polar surface area (TPSA) is 85.1 Å². The number of nitrogens with zero attached hydrogens (tertiary/aromatic N) is 1. The summed E-state index contributed by atoms with van der Waals surface area (Å²) < 4.78 is 0. The maximum atomic E-state index is 12.2. The molecule has 2 amide bonds. The van der Waals surface area contributed by atoms with E-state index in [0.29, 0.717) is 17.3 Å². The Hall–Kier alpha value is -1.95. The Labute approximate surface area is 134 Å². The van der Waals surface area contributed by atoms with Crippen molar-refractivity contribution in [2.24, 2.45) is 11.7 Å². The van der Waals surface area contributed by atoms with Gasteiger partial charge in [-0.2, -0.15) is 0 Å². The van der Waals surface area contributed by atoms with E-state index >= 15 is 0 Å². The van der Waals surface area contributed by atoms with Crippen molar-refractivity contribution in [1.29, 1.82) is 0 Å². The molecule has 118 valence electrons. The van der Waals surface area contributed by atoms with Gasteiger partial charge in [-0.3, -0.25) is 9.59 Å². The van der Waals surface area contributed by atoms with Crippen molar-refractivity contribution in [3.05, 3.63) is 40.9 Å². The van der Waals surface area contributed by atoms with Crippen LogP contribution in [0.4, 0.5) is 0 Å². The number of carbonyl (C=O) groups is 2. The van der Waals surface area contributed by atoms with Crippen molar-refractivity contribution >= 4 is 23.2 Å². The molecule has 3 atom stereocenters. The van der Waals surface area contributed by atoms with Crippen molar-refractivity contribution < 1.29 is 9.59 Å². The largest absolute Gasteiger partial charge is 0.368 e. The zero-order valence-corrected chi connectivity index (χ0v) is 13.6. The lowest BCUT2D eigenvalue weighted by Gasteiger charge is -2.34. The highest BCUT2D eigenvalue weighted by molar-refractivity contribution is 7.09. The predicted octanol–water partition coefficient (Wildman–Crippen LogP) is 1.91. The molecule has 1 aromatic heterocycles. The molecule has 22 heavy (non-hydrogen) atoms. The number of amides is 2. The first-order valence-corrected chi connectivity index (χ1v) is 8.24. The van der Waals surface area contributed by atoms with Gasteiger partial charge in [-0.25, -0.2) is 4.98 Å². The average molecular weight is 319 g/mol. The molecule has 0 radical (unpaired) electrons. The van der Waals surface area contributed by atoms with E-state index in [2.05, 4.69) is 10.3 Å². The van der Waals surface area contributed by atoms with Crippen LogP contribution in [0.25, 0.3) is 0 Å². The van der Waals surface area contributed by atoms with Crippen molar-refractivity contribution in [3.63, 3.8) is 0 Å². The lowest BCUT2D eigenvalue weighted by atomic mass is 9.77. The first-order chi connectivity index (χ1) is 10.5. The molecule has 0 bridgehead atoms. The summed E-state index contributed by atoms with van der Waals surface area (Å²) in [6, 6.07) is -0.516. The maximum absolute atomic E-state index is 12.2. The number of nitrogens with two attached hydrogens (primary N) is 1. The van der Waals surface area contributed by atoms with Crippen molar-refractivity contribution in [2.45, 2.75) is 38.1 Å². The molecule has 1 aliphatic rings. The quantitative estimate of drug-likeness (QED) is 0.840. The van der Waals surface area contributed by atoms with Crippen molar-refractivity contribution in [2.75, 3.05) is 0 Å². The van der Waals surface area contributed by atoms with E-state index < -0.39 is 17.4 Å². The standard InChI is InChI=1S/C16H21N3O2S/c1-3-11(2)10-13(20)19-12-6-4-5-7-16(12,14(17)21)15-18-8-9-22-15/h4-9,11-12H,3,10H2,1-2H3,(H2,17,21)(H,19,20). The molecule has 0 aliphatic heterocycles. The second-order valence-corrected chi connectivity index (χ2v) is 6.47. The molecule has 0 saturated heterocycles. The third-order valence-electron chi connectivity index (χ3n) is 4.01. The Balaban J connectivity index is 2.28. The Bertz CT molecular complexity index is 595. The van der Waals surface area contributed by atoms with E-state index in [1.807, 2.05) is 19.9 Å². The Morgan fingerprint density at radius 1 is 1.50 bits per heavy atom. The van der Waals surface area contributed by atoms with Crippen LogP contribution >= 0.6 is 11.3 Å². The van der Waals surface area contributed by atoms with Gasteiger partial charge in [-0.1, -0.05) is 44.6 Å². The molecule has 3 unspecified atom stereocenters. The fraction of sp³-hybridized carbons (Fsp3) is 0.438. The number of thiazole rings is 1. The number of primary amides is 1. The van der Waals surface area contributed by atoms with Gasteiger partial charge in [0.2, 0.25) is 11.8 Å². The van der Waals surface area contributed by atoms with E-state index in [0.717, 1.165) is 6.42 Å². The molecular weight excluding hydrogens is 298 g/mol. The van der Waals surface area contributed by atoms with Crippen LogP contribution in [0.1, 0.15) is 31.7 Å². The van der Waals surface area contributed by atoms with Gasteiger partial charge in [0.25, 0.3) is 0 Å². The molecular formula is C16H21N3O2S. The summed E-state index contributed by atoms with van der Waals surface area (Å²) in [5, 5.41) is 5.32. The van der Waals surface area contributed by atoms with Gasteiger partial charge >= 0.3 is 0 Å². The zero-order valence-electron chi connectivity index (χ0n) is 12.8. The summed E-state index contributed by atoms with van der Waals surface area (Å²) in [6.45, 7) is 4.07. The molecule has 1 aliphatic carbocycles. The number of aromatic nitrogens is 1. The summed E-state index contributed by atoms with van der Waals surface area (Å²) in [6.07, 6.45) is 10.1. The summed E-state index contributed by atoms with van der Waals surface area (Å²) in [5.41, 5.74) is 4.56. The second-order valence-electron chi connectivity index (χ2n) is 5.58. The van der Waals surface area contributed by atoms with Crippen LogP contribution in [0.2, 0.25) is 0 Å². The van der Waals surface area contributed by atoms with Gasteiger partial charge in [-0.05, 0) is 5.92 Å². The van der Waals surface area contributed by atoms with Crippen molar-refractivity contribution in [3.8, 4) is 0 Å². The lowest BCUT2D eigenvalue weighted by molar-refractivity contribution is -0.125. The number of carbonyl (C=O) groups excluding carboxylic acids is 2. The van der Waals surface area contributed by atoms with E-state index in [1.54, 1.807) is 29.8 Å². The van der Waals surface area contributed by atoms with E-state index in [1.165, 1.54) is 11.3 Å². The van der Waals surface area contributed by atoms with Crippen LogP contribution in [-0.2, 0) is 15.0 Å². The third kappa shape index (κ3) is 3.11. The molecule has 0 spiro atoms. The summed E-state index contributed by atoms with van der Waals surface area (Å²) >= 11 is 1.36. The van der Waals surface area contributed by atoms with Crippen LogP contribution < -0.4 is 11.1 Å². The summed E-state index contributed by atoms with van der Waals surface area (Å²) in [4.78, 5) is 28.7. The molecule has 0 saturated carbocycles. The number of rotatable bonds is 6. The third-order valence-corrected chi connectivity index (χ3v) is 4.93. The SMILES string of the molecule is CCC(C)CC(=O)NC1C=CC=CC1(C(N)=O)c1nccs1. The molecule has 1 heterocycles. The molecule has 1 aromatic rings. The smallest absolute Gasteiger partial charge is 0.236 e. The number of nitrogens with one attached hydrogen (secondary N) is 1. The van der Waals surface area contributed by atoms with E-state index in [-0.39, 0.29) is 5.91 Å². The van der Waals surface area contributed by atoms with Crippen LogP contribution in [-0.4, -0.2) is 22.8 Å². The number of hydrogen-bond acceptors (Lipinski definition) is 4. The first kappa shape index (κ1) is 16.4. The fourth-order valence-corrected chi connectivity index (χ4v) is 3.33. The maximum Gasteiger partial charge on any atom is 0.236 e. The van der Waals surface area contributed by atoms with Crippen molar-refractivity contribution in [1.82, 2.24) is 10.3 Å². The normalized spacial score (nSPS) is 24.9.